The van der Waals surface area contributed by atoms with Gasteiger partial charge in [-0.3, -0.25) is 9.59 Å². The highest BCUT2D eigenvalue weighted by molar-refractivity contribution is 5.92. The van der Waals surface area contributed by atoms with Crippen LogP contribution in [-0.2, 0) is 9.59 Å². The van der Waals surface area contributed by atoms with E-state index in [1.165, 1.54) is 12.0 Å². The summed E-state index contributed by atoms with van der Waals surface area (Å²) in [4.78, 5) is 23.1. The predicted molar refractivity (Wildman–Crippen MR) is 92.1 cm³/mol. The van der Waals surface area contributed by atoms with Crippen LogP contribution in [0, 0.1) is 28.6 Å². The lowest BCUT2D eigenvalue weighted by molar-refractivity contribution is -0.138. The molecule has 23 heavy (non-hydrogen) atoms. The molecule has 0 heterocycles. The summed E-state index contributed by atoms with van der Waals surface area (Å²) in [5.41, 5.74) is 1.49. The molecule has 130 valence electrons. The first kappa shape index (κ1) is 18.2. The van der Waals surface area contributed by atoms with Gasteiger partial charge in [0.25, 0.3) is 0 Å². The largest absolute Gasteiger partial charge is 0.481 e. The third-order valence-corrected chi connectivity index (χ3v) is 7.17. The highest BCUT2D eigenvalue weighted by atomic mass is 16.4. The van der Waals surface area contributed by atoms with Crippen molar-refractivity contribution in [2.24, 2.45) is 28.6 Å². The van der Waals surface area contributed by atoms with E-state index in [1.807, 2.05) is 13.0 Å². The highest BCUT2D eigenvalue weighted by Gasteiger charge is 2.54. The van der Waals surface area contributed by atoms with Crippen LogP contribution in [0.2, 0.25) is 0 Å². The maximum absolute atomic E-state index is 12.2. The van der Waals surface area contributed by atoms with Gasteiger partial charge in [-0.2, -0.15) is 0 Å². The fraction of sp³-hybridized carbons (Fsp3) is 0.800. The first-order valence-electron chi connectivity index (χ1n) is 9.03. The van der Waals surface area contributed by atoms with Crippen LogP contribution in [0.15, 0.2) is 11.6 Å². The SMILES string of the molecule is CC1=CC(=O)C[C@H]2[C@](C)(CC[C@@H](C)CC(=O)O)[C@@H](C)CC[C@]12C. The Morgan fingerprint density at radius 1 is 1.43 bits per heavy atom. The maximum atomic E-state index is 12.2. The van der Waals surface area contributed by atoms with Crippen LogP contribution in [0.1, 0.15) is 73.1 Å². The molecule has 0 spiro atoms. The van der Waals surface area contributed by atoms with Gasteiger partial charge in [-0.25, -0.2) is 0 Å². The van der Waals surface area contributed by atoms with Gasteiger partial charge in [-0.1, -0.05) is 33.3 Å². The molecule has 0 aromatic heterocycles. The molecule has 2 rings (SSSR count). The van der Waals surface area contributed by atoms with E-state index in [2.05, 4.69) is 27.7 Å². The number of aliphatic carboxylic acids is 1. The number of allylic oxidation sites excluding steroid dienone is 2. The molecule has 5 atom stereocenters. The Morgan fingerprint density at radius 2 is 2.09 bits per heavy atom. The molecule has 2 aliphatic rings. The topological polar surface area (TPSA) is 54.4 Å². The Morgan fingerprint density at radius 3 is 2.70 bits per heavy atom. The van der Waals surface area contributed by atoms with Gasteiger partial charge < -0.3 is 5.11 Å². The van der Waals surface area contributed by atoms with Gasteiger partial charge in [-0.15, -0.1) is 0 Å². The molecular weight excluding hydrogens is 288 g/mol. The molecular formula is C20H32O3. The van der Waals surface area contributed by atoms with E-state index in [1.54, 1.807) is 0 Å². The molecule has 3 heteroatoms. The Labute approximate surface area is 140 Å². The molecule has 0 amide bonds. The summed E-state index contributed by atoms with van der Waals surface area (Å²) in [5, 5.41) is 8.98. The molecule has 0 aromatic rings. The molecule has 2 aliphatic carbocycles. The lowest BCUT2D eigenvalue weighted by Crippen LogP contribution is -2.51. The monoisotopic (exact) mass is 320 g/mol. The van der Waals surface area contributed by atoms with Crippen LogP contribution < -0.4 is 0 Å². The number of rotatable bonds is 5. The molecule has 3 nitrogen and oxygen atoms in total. The van der Waals surface area contributed by atoms with Gasteiger partial charge in [0.15, 0.2) is 5.78 Å². The zero-order chi connectivity index (χ0) is 17.4. The van der Waals surface area contributed by atoms with Gasteiger partial charge in [0, 0.05) is 12.8 Å². The van der Waals surface area contributed by atoms with Crippen molar-refractivity contribution in [2.75, 3.05) is 0 Å². The van der Waals surface area contributed by atoms with Crippen molar-refractivity contribution >= 4 is 11.8 Å². The van der Waals surface area contributed by atoms with Crippen molar-refractivity contribution in [3.05, 3.63) is 11.6 Å². The Balaban J connectivity index is 2.22. The molecule has 1 saturated carbocycles. The van der Waals surface area contributed by atoms with E-state index in [9.17, 15) is 9.59 Å². The minimum atomic E-state index is -0.712. The fourth-order valence-electron chi connectivity index (χ4n) is 5.07. The second-order valence-electron chi connectivity index (χ2n) is 8.66. The van der Waals surface area contributed by atoms with E-state index in [4.69, 9.17) is 5.11 Å². The number of carbonyl (C=O) groups excluding carboxylic acids is 1. The molecule has 0 unspecified atom stereocenters. The number of hydrogen-bond acceptors (Lipinski definition) is 2. The summed E-state index contributed by atoms with van der Waals surface area (Å²) in [6, 6.07) is 0. The number of hydrogen-bond donors (Lipinski definition) is 1. The summed E-state index contributed by atoms with van der Waals surface area (Å²) in [7, 11) is 0. The Kier molecular flexibility index (Phi) is 5.08. The smallest absolute Gasteiger partial charge is 0.303 e. The molecule has 1 fully saturated rings. The number of carboxylic acid groups (broad SMARTS) is 1. The van der Waals surface area contributed by atoms with Crippen LogP contribution in [-0.4, -0.2) is 16.9 Å². The van der Waals surface area contributed by atoms with Gasteiger partial charge in [0.05, 0.1) is 0 Å². The lowest BCUT2D eigenvalue weighted by Gasteiger charge is -2.57. The summed E-state index contributed by atoms with van der Waals surface area (Å²) in [6.07, 6.45) is 7.05. The van der Waals surface area contributed by atoms with Crippen LogP contribution in [0.25, 0.3) is 0 Å². The maximum Gasteiger partial charge on any atom is 0.303 e. The molecule has 0 radical (unpaired) electrons. The number of fused-ring (bicyclic) bond motifs is 1. The average Bonchev–Trinajstić information content (AvgIpc) is 2.44. The fourth-order valence-corrected chi connectivity index (χ4v) is 5.07. The molecule has 1 N–H and O–H groups in total. The molecule has 0 bridgehead atoms. The Hall–Kier alpha value is -1.12. The van der Waals surface area contributed by atoms with E-state index in [0.717, 1.165) is 19.3 Å². The van der Waals surface area contributed by atoms with Crippen molar-refractivity contribution < 1.29 is 14.7 Å². The van der Waals surface area contributed by atoms with E-state index in [0.29, 0.717) is 18.3 Å². The number of carbonyl (C=O) groups is 2. The molecule has 0 aromatic carbocycles. The predicted octanol–water partition coefficient (Wildman–Crippen LogP) is 4.86. The zero-order valence-corrected chi connectivity index (χ0v) is 15.3. The highest BCUT2D eigenvalue weighted by Crippen LogP contribution is 2.61. The lowest BCUT2D eigenvalue weighted by atomic mass is 9.46. The van der Waals surface area contributed by atoms with Gasteiger partial charge in [-0.05, 0) is 67.3 Å². The van der Waals surface area contributed by atoms with Gasteiger partial charge in [0.1, 0.15) is 0 Å². The third-order valence-electron chi connectivity index (χ3n) is 7.17. The van der Waals surface area contributed by atoms with Crippen molar-refractivity contribution in [3.63, 3.8) is 0 Å². The second kappa shape index (κ2) is 6.41. The molecule has 0 saturated heterocycles. The standard InChI is InChI=1S/C20H32O3/c1-13(10-18(22)23)6-8-19(4)14(2)7-9-20(5)15(3)11-16(21)12-17(19)20/h11,13-14,17H,6-10,12H2,1-5H3,(H,22,23)/t13-,14+,17+,19-,20-/m1/s1. The second-order valence-corrected chi connectivity index (χ2v) is 8.66. The van der Waals surface area contributed by atoms with E-state index >= 15 is 0 Å². The summed E-state index contributed by atoms with van der Waals surface area (Å²) < 4.78 is 0. The first-order chi connectivity index (χ1) is 10.6. The van der Waals surface area contributed by atoms with Crippen LogP contribution in [0.5, 0.6) is 0 Å². The number of ketones is 1. The summed E-state index contributed by atoms with van der Waals surface area (Å²) in [5.74, 6) is 0.713. The van der Waals surface area contributed by atoms with Crippen molar-refractivity contribution in [3.8, 4) is 0 Å². The van der Waals surface area contributed by atoms with Crippen LogP contribution in [0.4, 0.5) is 0 Å². The Bertz CT molecular complexity index is 521. The van der Waals surface area contributed by atoms with Crippen molar-refractivity contribution in [1.82, 2.24) is 0 Å². The van der Waals surface area contributed by atoms with Gasteiger partial charge >= 0.3 is 5.97 Å². The minimum Gasteiger partial charge on any atom is -0.481 e. The van der Waals surface area contributed by atoms with Gasteiger partial charge in [0.2, 0.25) is 0 Å². The molecule has 0 aliphatic heterocycles. The van der Waals surface area contributed by atoms with Crippen LogP contribution in [0.3, 0.4) is 0 Å². The number of carboxylic acids is 1. The van der Waals surface area contributed by atoms with E-state index < -0.39 is 5.97 Å². The zero-order valence-electron chi connectivity index (χ0n) is 15.3. The average molecular weight is 320 g/mol. The van der Waals surface area contributed by atoms with Crippen LogP contribution >= 0.6 is 0 Å². The van der Waals surface area contributed by atoms with E-state index in [-0.39, 0.29) is 29.0 Å². The van der Waals surface area contributed by atoms with Crippen molar-refractivity contribution in [1.29, 1.82) is 0 Å². The summed E-state index contributed by atoms with van der Waals surface area (Å²) >= 11 is 0. The minimum absolute atomic E-state index is 0.116. The summed E-state index contributed by atoms with van der Waals surface area (Å²) in [6.45, 7) is 11.1. The third kappa shape index (κ3) is 3.39. The van der Waals surface area contributed by atoms with Crippen molar-refractivity contribution in [2.45, 2.75) is 73.1 Å². The quantitative estimate of drug-likeness (QED) is 0.787. The first-order valence-corrected chi connectivity index (χ1v) is 9.03. The normalized spacial score (nSPS) is 38.7.